The molecule has 21 heavy (non-hydrogen) atoms. The fourth-order valence-electron chi connectivity index (χ4n) is 2.15. The highest BCUT2D eigenvalue weighted by molar-refractivity contribution is 9.10. The van der Waals surface area contributed by atoms with Crippen molar-refractivity contribution >= 4 is 21.9 Å². The van der Waals surface area contributed by atoms with E-state index >= 15 is 0 Å². The van der Waals surface area contributed by atoms with E-state index in [9.17, 15) is 9.90 Å². The fraction of sp³-hybridized carbons (Fsp3) is 0.235. The summed E-state index contributed by atoms with van der Waals surface area (Å²) in [6.45, 7) is 2.92. The Labute approximate surface area is 133 Å². The van der Waals surface area contributed by atoms with Crippen molar-refractivity contribution in [2.75, 3.05) is 0 Å². The molecule has 2 rings (SSSR count). The van der Waals surface area contributed by atoms with Gasteiger partial charge >= 0.3 is 5.97 Å². The maximum Gasteiger partial charge on any atom is 0.320 e. The largest absolute Gasteiger partial charge is 0.480 e. The topological polar surface area (TPSA) is 40.5 Å². The Kier molecular flexibility index (Phi) is 5.53. The Bertz CT molecular complexity index is 601. The van der Waals surface area contributed by atoms with Gasteiger partial charge < -0.3 is 5.11 Å². The van der Waals surface area contributed by atoms with Gasteiger partial charge in [-0.1, -0.05) is 64.5 Å². The Morgan fingerprint density at radius 2 is 1.71 bits per heavy atom. The van der Waals surface area contributed by atoms with Crippen LogP contribution in [0.5, 0.6) is 0 Å². The molecule has 0 heterocycles. The Balaban J connectivity index is 2.20. The lowest BCUT2D eigenvalue weighted by atomic mass is 10.1. The molecule has 0 aliphatic carbocycles. The van der Waals surface area contributed by atoms with Crippen molar-refractivity contribution in [2.45, 2.75) is 26.1 Å². The molecule has 0 unspecified atom stereocenters. The monoisotopic (exact) mass is 347 g/mol. The molecule has 0 bridgehead atoms. The number of nitrogens with zero attached hydrogens (tertiary/aromatic N) is 1. The van der Waals surface area contributed by atoms with Gasteiger partial charge in [-0.3, -0.25) is 9.69 Å². The van der Waals surface area contributed by atoms with Gasteiger partial charge in [0.2, 0.25) is 0 Å². The van der Waals surface area contributed by atoms with Gasteiger partial charge in [0.1, 0.15) is 6.04 Å². The van der Waals surface area contributed by atoms with Gasteiger partial charge in [0, 0.05) is 17.6 Å². The molecule has 4 heteroatoms. The van der Waals surface area contributed by atoms with Crippen LogP contribution in [-0.2, 0) is 17.9 Å². The summed E-state index contributed by atoms with van der Waals surface area (Å²) in [5.41, 5.74) is 2.19. The summed E-state index contributed by atoms with van der Waals surface area (Å²) in [5.74, 6) is -0.807. The number of carboxylic acid groups (broad SMARTS) is 1. The van der Waals surface area contributed by atoms with Crippen LogP contribution in [0.25, 0.3) is 0 Å². The quantitative estimate of drug-likeness (QED) is 0.860. The van der Waals surface area contributed by atoms with Crippen LogP contribution in [0.1, 0.15) is 18.1 Å². The minimum atomic E-state index is -0.807. The highest BCUT2D eigenvalue weighted by Crippen LogP contribution is 2.20. The molecule has 0 fully saturated rings. The lowest BCUT2D eigenvalue weighted by molar-refractivity contribution is -0.143. The number of rotatable bonds is 6. The molecule has 3 nitrogen and oxygen atoms in total. The van der Waals surface area contributed by atoms with Crippen molar-refractivity contribution in [1.29, 1.82) is 0 Å². The fourth-order valence-corrected chi connectivity index (χ4v) is 2.56. The summed E-state index contributed by atoms with van der Waals surface area (Å²) in [4.78, 5) is 13.3. The Hall–Kier alpha value is -1.65. The second kappa shape index (κ2) is 7.38. The van der Waals surface area contributed by atoms with Crippen LogP contribution in [0.2, 0.25) is 0 Å². The smallest absolute Gasteiger partial charge is 0.320 e. The van der Waals surface area contributed by atoms with E-state index in [1.54, 1.807) is 6.92 Å². The van der Waals surface area contributed by atoms with Crippen molar-refractivity contribution in [2.24, 2.45) is 0 Å². The van der Waals surface area contributed by atoms with E-state index in [-0.39, 0.29) is 0 Å². The number of aliphatic carboxylic acids is 1. The second-order valence-electron chi connectivity index (χ2n) is 5.00. The molecule has 0 aromatic heterocycles. The van der Waals surface area contributed by atoms with Crippen molar-refractivity contribution in [3.63, 3.8) is 0 Å². The normalized spacial score (nSPS) is 12.3. The zero-order valence-corrected chi connectivity index (χ0v) is 13.5. The van der Waals surface area contributed by atoms with E-state index in [1.165, 1.54) is 0 Å². The van der Waals surface area contributed by atoms with Crippen molar-refractivity contribution in [3.8, 4) is 0 Å². The number of hydrogen-bond acceptors (Lipinski definition) is 2. The van der Waals surface area contributed by atoms with Gasteiger partial charge in [0.15, 0.2) is 0 Å². The molecule has 0 saturated carbocycles. The third kappa shape index (κ3) is 4.41. The number of halogens is 1. The van der Waals surface area contributed by atoms with Gasteiger partial charge in [0.25, 0.3) is 0 Å². The van der Waals surface area contributed by atoms with Crippen molar-refractivity contribution < 1.29 is 9.90 Å². The average molecular weight is 348 g/mol. The van der Waals surface area contributed by atoms with Gasteiger partial charge in [-0.25, -0.2) is 0 Å². The Morgan fingerprint density at radius 1 is 1.10 bits per heavy atom. The zero-order valence-electron chi connectivity index (χ0n) is 11.9. The molecular formula is C17H18BrNO2. The number of benzene rings is 2. The summed E-state index contributed by atoms with van der Waals surface area (Å²) in [5, 5.41) is 9.32. The van der Waals surface area contributed by atoms with Crippen LogP contribution in [0.15, 0.2) is 59.1 Å². The van der Waals surface area contributed by atoms with Crippen LogP contribution < -0.4 is 0 Å². The molecule has 0 amide bonds. The van der Waals surface area contributed by atoms with E-state index in [0.29, 0.717) is 13.1 Å². The third-order valence-electron chi connectivity index (χ3n) is 3.46. The highest BCUT2D eigenvalue weighted by atomic mass is 79.9. The van der Waals surface area contributed by atoms with Crippen LogP contribution >= 0.6 is 15.9 Å². The maximum absolute atomic E-state index is 11.4. The predicted molar refractivity (Wildman–Crippen MR) is 86.9 cm³/mol. The lowest BCUT2D eigenvalue weighted by Gasteiger charge is -2.27. The molecule has 1 N–H and O–H groups in total. The molecule has 2 aromatic carbocycles. The third-order valence-corrected chi connectivity index (χ3v) is 4.24. The second-order valence-corrected chi connectivity index (χ2v) is 5.85. The first kappa shape index (κ1) is 15.7. The number of carboxylic acids is 1. The molecule has 0 saturated heterocycles. The predicted octanol–water partition coefficient (Wildman–Crippen LogP) is 3.92. The minimum absolute atomic E-state index is 0.544. The van der Waals surface area contributed by atoms with Crippen LogP contribution in [0.3, 0.4) is 0 Å². The Morgan fingerprint density at radius 3 is 2.33 bits per heavy atom. The van der Waals surface area contributed by atoms with Gasteiger partial charge in [-0.05, 0) is 24.1 Å². The van der Waals surface area contributed by atoms with Crippen LogP contribution in [0.4, 0.5) is 0 Å². The van der Waals surface area contributed by atoms with Crippen LogP contribution in [-0.4, -0.2) is 22.0 Å². The van der Waals surface area contributed by atoms with E-state index in [2.05, 4.69) is 15.9 Å². The van der Waals surface area contributed by atoms with Gasteiger partial charge in [-0.2, -0.15) is 0 Å². The van der Waals surface area contributed by atoms with E-state index in [4.69, 9.17) is 0 Å². The molecule has 0 aliphatic heterocycles. The van der Waals surface area contributed by atoms with E-state index in [1.807, 2.05) is 59.5 Å². The first-order valence-electron chi connectivity index (χ1n) is 6.82. The first-order valence-corrected chi connectivity index (χ1v) is 7.61. The average Bonchev–Trinajstić information content (AvgIpc) is 2.49. The van der Waals surface area contributed by atoms with Crippen molar-refractivity contribution in [3.05, 3.63) is 70.2 Å². The summed E-state index contributed by atoms with van der Waals surface area (Å²) in [6, 6.07) is 17.3. The summed E-state index contributed by atoms with van der Waals surface area (Å²) < 4.78 is 1.00. The van der Waals surface area contributed by atoms with E-state index in [0.717, 1.165) is 15.6 Å². The molecule has 0 radical (unpaired) electrons. The SMILES string of the molecule is C[C@@H](C(=O)O)N(Cc1ccccc1)Cc1ccccc1Br. The number of hydrogen-bond donors (Lipinski definition) is 1. The number of carbonyl (C=O) groups is 1. The summed E-state index contributed by atoms with van der Waals surface area (Å²) in [7, 11) is 0. The molecular weight excluding hydrogens is 330 g/mol. The highest BCUT2D eigenvalue weighted by Gasteiger charge is 2.21. The molecule has 110 valence electrons. The molecule has 2 aromatic rings. The van der Waals surface area contributed by atoms with Gasteiger partial charge in [-0.15, -0.1) is 0 Å². The molecule has 1 atom stereocenters. The van der Waals surface area contributed by atoms with Crippen LogP contribution in [0, 0.1) is 0 Å². The van der Waals surface area contributed by atoms with E-state index < -0.39 is 12.0 Å². The van der Waals surface area contributed by atoms with Crippen molar-refractivity contribution in [1.82, 2.24) is 4.90 Å². The minimum Gasteiger partial charge on any atom is -0.480 e. The first-order chi connectivity index (χ1) is 10.1. The zero-order chi connectivity index (χ0) is 15.2. The maximum atomic E-state index is 11.4. The standard InChI is InChI=1S/C17H18BrNO2/c1-13(17(20)21)19(11-14-7-3-2-4-8-14)12-15-9-5-6-10-16(15)18/h2-10,13H,11-12H2,1H3,(H,20,21)/t13-/m0/s1. The summed E-state index contributed by atoms with van der Waals surface area (Å²) in [6.07, 6.45) is 0. The summed E-state index contributed by atoms with van der Waals surface area (Å²) >= 11 is 3.52. The molecule has 0 spiro atoms. The molecule has 0 aliphatic rings. The van der Waals surface area contributed by atoms with Gasteiger partial charge in [0.05, 0.1) is 0 Å². The lowest BCUT2D eigenvalue weighted by Crippen LogP contribution is -2.38.